The van der Waals surface area contributed by atoms with Crippen LogP contribution in [0.3, 0.4) is 0 Å². The van der Waals surface area contributed by atoms with E-state index in [0.29, 0.717) is 4.90 Å². The largest absolute Gasteiger partial charge is 0.311 e. The van der Waals surface area contributed by atoms with E-state index in [1.54, 1.807) is 12.1 Å². The van der Waals surface area contributed by atoms with Gasteiger partial charge in [0.2, 0.25) is 0 Å². The van der Waals surface area contributed by atoms with Gasteiger partial charge >= 0.3 is 0 Å². The quantitative estimate of drug-likeness (QED) is 0.260. The van der Waals surface area contributed by atoms with Crippen LogP contribution in [-0.2, 0) is 11.1 Å². The lowest BCUT2D eigenvalue weighted by atomic mass is 10.0. The van der Waals surface area contributed by atoms with Gasteiger partial charge in [0.05, 0.1) is 4.90 Å². The standard InChI is InChI=1S/C30H23NO2S/c32-34(33)30-21-19-29(20-22-30)31(27-15-11-25(12-16-27)23-7-3-1-4-8-23)28-17-13-26(14-18-28)24-9-5-2-6-10-24/h1-22H,(H,32,33). The topological polar surface area (TPSA) is 40.5 Å². The van der Waals surface area contributed by atoms with E-state index in [1.807, 2.05) is 48.5 Å². The molecule has 166 valence electrons. The molecule has 5 rings (SSSR count). The molecular weight excluding hydrogens is 438 g/mol. The van der Waals surface area contributed by atoms with Crippen molar-refractivity contribution in [3.8, 4) is 22.3 Å². The van der Waals surface area contributed by atoms with Crippen molar-refractivity contribution in [2.24, 2.45) is 0 Å². The molecule has 0 saturated heterocycles. The molecule has 0 fully saturated rings. The van der Waals surface area contributed by atoms with Gasteiger partial charge in [0.25, 0.3) is 0 Å². The number of anilines is 3. The number of nitrogens with zero attached hydrogens (tertiary/aromatic N) is 1. The van der Waals surface area contributed by atoms with Crippen LogP contribution in [0.5, 0.6) is 0 Å². The molecule has 1 atom stereocenters. The van der Waals surface area contributed by atoms with Gasteiger partial charge in [-0.15, -0.1) is 0 Å². The number of hydrogen-bond acceptors (Lipinski definition) is 2. The van der Waals surface area contributed by atoms with Crippen molar-refractivity contribution in [3.63, 3.8) is 0 Å². The Kier molecular flexibility index (Phi) is 6.34. The summed E-state index contributed by atoms with van der Waals surface area (Å²) < 4.78 is 20.9. The monoisotopic (exact) mass is 461 g/mol. The summed E-state index contributed by atoms with van der Waals surface area (Å²) in [7, 11) is 0. The molecule has 0 amide bonds. The molecule has 1 unspecified atom stereocenters. The highest BCUT2D eigenvalue weighted by Gasteiger charge is 2.14. The zero-order valence-electron chi connectivity index (χ0n) is 18.4. The summed E-state index contributed by atoms with van der Waals surface area (Å²) in [6.07, 6.45) is 0. The predicted octanol–water partition coefficient (Wildman–Crippen LogP) is 8.07. The van der Waals surface area contributed by atoms with E-state index in [4.69, 9.17) is 0 Å². The van der Waals surface area contributed by atoms with Crippen molar-refractivity contribution in [2.75, 3.05) is 4.90 Å². The maximum Gasteiger partial charge on any atom is 0.186 e. The Morgan fingerprint density at radius 3 is 1.12 bits per heavy atom. The maximum absolute atomic E-state index is 11.5. The SMILES string of the molecule is O=S(O)c1ccc(N(c2ccc(-c3ccccc3)cc2)c2ccc(-c3ccccc3)cc2)cc1. The van der Waals surface area contributed by atoms with Crippen molar-refractivity contribution in [1.82, 2.24) is 0 Å². The molecule has 5 aromatic rings. The first-order valence-electron chi connectivity index (χ1n) is 11.0. The van der Waals surface area contributed by atoms with Crippen LogP contribution in [0.15, 0.2) is 138 Å². The summed E-state index contributed by atoms with van der Waals surface area (Å²) in [5.74, 6) is 0. The summed E-state index contributed by atoms with van der Waals surface area (Å²) in [5, 5.41) is 0. The van der Waals surface area contributed by atoms with E-state index in [2.05, 4.69) is 77.7 Å². The van der Waals surface area contributed by atoms with Crippen LogP contribution >= 0.6 is 0 Å². The molecule has 0 aliphatic heterocycles. The molecule has 5 aromatic carbocycles. The summed E-state index contributed by atoms with van der Waals surface area (Å²) in [4.78, 5) is 2.52. The maximum atomic E-state index is 11.5. The molecule has 0 radical (unpaired) electrons. The average Bonchev–Trinajstić information content (AvgIpc) is 2.91. The van der Waals surface area contributed by atoms with E-state index in [0.717, 1.165) is 28.2 Å². The minimum Gasteiger partial charge on any atom is -0.311 e. The fourth-order valence-corrected chi connectivity index (χ4v) is 4.39. The molecule has 0 aromatic heterocycles. The van der Waals surface area contributed by atoms with Gasteiger partial charge in [0, 0.05) is 17.1 Å². The Bertz CT molecular complexity index is 1300. The van der Waals surface area contributed by atoms with Crippen LogP contribution in [0.1, 0.15) is 0 Å². The van der Waals surface area contributed by atoms with Crippen molar-refractivity contribution >= 4 is 28.1 Å². The third kappa shape index (κ3) is 4.69. The van der Waals surface area contributed by atoms with Crippen molar-refractivity contribution in [1.29, 1.82) is 0 Å². The Morgan fingerprint density at radius 2 is 0.765 bits per heavy atom. The zero-order chi connectivity index (χ0) is 23.3. The molecule has 0 bridgehead atoms. The second-order valence-corrected chi connectivity index (χ2v) is 8.87. The van der Waals surface area contributed by atoms with Gasteiger partial charge in [-0.1, -0.05) is 84.9 Å². The van der Waals surface area contributed by atoms with Crippen LogP contribution in [0, 0.1) is 0 Å². The molecule has 0 aliphatic carbocycles. The van der Waals surface area contributed by atoms with Crippen molar-refractivity contribution in [3.05, 3.63) is 133 Å². The smallest absolute Gasteiger partial charge is 0.186 e. The van der Waals surface area contributed by atoms with Gasteiger partial charge in [-0.05, 0) is 70.8 Å². The summed E-state index contributed by atoms with van der Waals surface area (Å²) in [5.41, 5.74) is 7.55. The molecule has 0 heterocycles. The molecule has 0 saturated carbocycles. The van der Waals surface area contributed by atoms with E-state index in [-0.39, 0.29) is 0 Å². The van der Waals surface area contributed by atoms with Gasteiger partial charge in [0.15, 0.2) is 11.1 Å². The van der Waals surface area contributed by atoms with Gasteiger partial charge in [-0.3, -0.25) is 0 Å². The highest BCUT2D eigenvalue weighted by Crippen LogP contribution is 2.36. The fraction of sp³-hybridized carbons (Fsp3) is 0. The van der Waals surface area contributed by atoms with Crippen LogP contribution < -0.4 is 4.90 Å². The van der Waals surface area contributed by atoms with E-state index in [1.165, 1.54) is 11.1 Å². The van der Waals surface area contributed by atoms with E-state index >= 15 is 0 Å². The second kappa shape index (κ2) is 9.87. The van der Waals surface area contributed by atoms with Crippen LogP contribution in [-0.4, -0.2) is 8.76 Å². The third-order valence-electron chi connectivity index (χ3n) is 5.76. The third-order valence-corrected chi connectivity index (χ3v) is 6.44. The Morgan fingerprint density at radius 1 is 0.441 bits per heavy atom. The lowest BCUT2D eigenvalue weighted by Gasteiger charge is -2.26. The molecule has 0 aliphatic rings. The summed E-state index contributed by atoms with van der Waals surface area (Å²) in [6.45, 7) is 0. The molecular formula is C30H23NO2S. The normalized spacial score (nSPS) is 11.7. The van der Waals surface area contributed by atoms with Crippen LogP contribution in [0.2, 0.25) is 0 Å². The lowest BCUT2D eigenvalue weighted by Crippen LogP contribution is -2.10. The lowest BCUT2D eigenvalue weighted by molar-refractivity contribution is 0.564. The summed E-state index contributed by atoms with van der Waals surface area (Å²) in [6, 6.07) is 44.6. The minimum atomic E-state index is -2.01. The molecule has 0 spiro atoms. The molecule has 34 heavy (non-hydrogen) atoms. The number of hydrogen-bond donors (Lipinski definition) is 1. The van der Waals surface area contributed by atoms with Gasteiger partial charge < -0.3 is 9.45 Å². The van der Waals surface area contributed by atoms with Gasteiger partial charge in [-0.2, -0.15) is 0 Å². The second-order valence-electron chi connectivity index (χ2n) is 7.90. The van der Waals surface area contributed by atoms with E-state index < -0.39 is 11.1 Å². The van der Waals surface area contributed by atoms with Crippen molar-refractivity contribution < 1.29 is 8.76 Å². The summed E-state index contributed by atoms with van der Waals surface area (Å²) >= 11 is -2.01. The first kappa shape index (κ1) is 21.8. The predicted molar refractivity (Wildman–Crippen MR) is 141 cm³/mol. The average molecular weight is 462 g/mol. The van der Waals surface area contributed by atoms with Crippen LogP contribution in [0.4, 0.5) is 17.1 Å². The fourth-order valence-electron chi connectivity index (χ4n) is 4.03. The van der Waals surface area contributed by atoms with Crippen LogP contribution in [0.25, 0.3) is 22.3 Å². The first-order chi connectivity index (χ1) is 16.7. The zero-order valence-corrected chi connectivity index (χ0v) is 19.2. The minimum absolute atomic E-state index is 0.377. The number of benzene rings is 5. The van der Waals surface area contributed by atoms with Gasteiger partial charge in [0.1, 0.15) is 0 Å². The highest BCUT2D eigenvalue weighted by atomic mass is 32.2. The highest BCUT2D eigenvalue weighted by molar-refractivity contribution is 7.79. The first-order valence-corrected chi connectivity index (χ1v) is 12.1. The Hall–Kier alpha value is -3.99. The molecule has 4 heteroatoms. The van der Waals surface area contributed by atoms with Gasteiger partial charge in [-0.25, -0.2) is 4.21 Å². The Labute approximate surface area is 202 Å². The number of rotatable bonds is 6. The molecule has 3 nitrogen and oxygen atoms in total. The molecule has 1 N–H and O–H groups in total. The Balaban J connectivity index is 1.54. The van der Waals surface area contributed by atoms with Crippen molar-refractivity contribution in [2.45, 2.75) is 4.90 Å². The van der Waals surface area contributed by atoms with E-state index in [9.17, 15) is 8.76 Å².